The summed E-state index contributed by atoms with van der Waals surface area (Å²) in [6, 6.07) is 0. The highest BCUT2D eigenvalue weighted by Gasteiger charge is 1.93. The molecule has 1 aliphatic heterocycles. The molecule has 1 heterocycles. The molecule has 0 N–H and O–H groups in total. The summed E-state index contributed by atoms with van der Waals surface area (Å²) in [5.41, 5.74) is 0. The molecule has 0 fully saturated rings. The first-order valence-electron chi connectivity index (χ1n) is 4.10. The molecule has 0 aromatic carbocycles. The third kappa shape index (κ3) is 5.50. The van der Waals surface area contributed by atoms with Gasteiger partial charge in [0.1, 0.15) is 11.1 Å². The van der Waals surface area contributed by atoms with Crippen molar-refractivity contribution < 1.29 is 4.18 Å². The Labute approximate surface area is 76.6 Å². The zero-order valence-corrected chi connectivity index (χ0v) is 8.26. The molecule has 0 radical (unpaired) electrons. The van der Waals surface area contributed by atoms with Crippen LogP contribution in [0.4, 0.5) is 0 Å². The van der Waals surface area contributed by atoms with E-state index in [0.717, 1.165) is 0 Å². The van der Waals surface area contributed by atoms with Gasteiger partial charge < -0.3 is 4.18 Å². The minimum atomic E-state index is 1.17. The average molecular weight is 190 g/mol. The summed E-state index contributed by atoms with van der Waals surface area (Å²) in [5.74, 6) is 1.22. The lowest BCUT2D eigenvalue weighted by Gasteiger charge is -1.96. The summed E-state index contributed by atoms with van der Waals surface area (Å²) < 4.78 is 5.16. The molecule has 11 heavy (non-hydrogen) atoms. The third-order valence-corrected chi connectivity index (χ3v) is 3.35. The Morgan fingerprint density at radius 1 is 1.09 bits per heavy atom. The zero-order valence-electron chi connectivity index (χ0n) is 6.62. The van der Waals surface area contributed by atoms with Crippen LogP contribution in [0.15, 0.2) is 12.3 Å². The smallest absolute Gasteiger partial charge is 0.125 e. The van der Waals surface area contributed by atoms with E-state index >= 15 is 0 Å². The molecule has 1 rings (SSSR count). The van der Waals surface area contributed by atoms with Crippen molar-refractivity contribution in [2.45, 2.75) is 32.1 Å². The van der Waals surface area contributed by atoms with E-state index in [-0.39, 0.29) is 0 Å². The summed E-state index contributed by atoms with van der Waals surface area (Å²) in [5, 5.41) is 0. The predicted octanol–water partition coefficient (Wildman–Crippen LogP) is 3.78. The minimum absolute atomic E-state index is 1.17. The van der Waals surface area contributed by atoms with Gasteiger partial charge in [-0.3, -0.25) is 0 Å². The van der Waals surface area contributed by atoms with E-state index in [1.807, 2.05) is 6.26 Å². The van der Waals surface area contributed by atoms with Crippen LogP contribution in [0, 0.1) is 0 Å². The topological polar surface area (TPSA) is 9.23 Å². The fraction of sp³-hybridized carbons (Fsp3) is 0.750. The molecule has 0 aromatic rings. The molecular weight excluding hydrogens is 176 g/mol. The van der Waals surface area contributed by atoms with Crippen molar-refractivity contribution in [3.05, 3.63) is 12.3 Å². The normalized spacial score (nSPS) is 21.8. The van der Waals surface area contributed by atoms with Gasteiger partial charge in [0.25, 0.3) is 0 Å². The van der Waals surface area contributed by atoms with Crippen LogP contribution in [0.25, 0.3) is 0 Å². The van der Waals surface area contributed by atoms with E-state index < -0.39 is 0 Å². The van der Waals surface area contributed by atoms with Crippen molar-refractivity contribution in [2.24, 2.45) is 0 Å². The van der Waals surface area contributed by atoms with Crippen LogP contribution in [0.5, 0.6) is 0 Å². The van der Waals surface area contributed by atoms with Gasteiger partial charge in [0.15, 0.2) is 0 Å². The summed E-state index contributed by atoms with van der Waals surface area (Å²) in [6.07, 6.45) is 10.5. The molecule has 0 atom stereocenters. The van der Waals surface area contributed by atoms with Gasteiger partial charge in [0.2, 0.25) is 0 Å². The standard InChI is InChI=1S/C8H14OS2/c1-2-4-6-8-10-11-9-7-5-3-1/h5,7H,1-4,6,8H2. The van der Waals surface area contributed by atoms with Crippen molar-refractivity contribution in [1.82, 2.24) is 0 Å². The van der Waals surface area contributed by atoms with Gasteiger partial charge in [0.05, 0.1) is 6.26 Å². The van der Waals surface area contributed by atoms with Gasteiger partial charge in [-0.1, -0.05) is 23.6 Å². The van der Waals surface area contributed by atoms with Crippen molar-refractivity contribution in [2.75, 3.05) is 5.75 Å². The summed E-state index contributed by atoms with van der Waals surface area (Å²) in [7, 11) is 1.80. The number of hydrogen-bond acceptors (Lipinski definition) is 3. The zero-order chi connectivity index (χ0) is 7.78. The SMILES string of the molecule is C1=COSSCCCCCC1. The van der Waals surface area contributed by atoms with Crippen LogP contribution < -0.4 is 0 Å². The molecule has 1 aliphatic rings. The molecule has 0 saturated heterocycles. The fourth-order valence-corrected chi connectivity index (χ4v) is 2.40. The van der Waals surface area contributed by atoms with Gasteiger partial charge in [0, 0.05) is 5.75 Å². The Morgan fingerprint density at radius 2 is 2.00 bits per heavy atom. The van der Waals surface area contributed by atoms with Gasteiger partial charge in [-0.15, -0.1) is 0 Å². The average Bonchev–Trinajstić information content (AvgIpc) is 2.08. The second-order valence-corrected chi connectivity index (χ2v) is 4.65. The lowest BCUT2D eigenvalue weighted by Crippen LogP contribution is -1.78. The highest BCUT2D eigenvalue weighted by Crippen LogP contribution is 2.25. The first kappa shape index (κ1) is 9.33. The first-order valence-corrected chi connectivity index (χ1v) is 6.34. The van der Waals surface area contributed by atoms with Crippen molar-refractivity contribution in [3.8, 4) is 0 Å². The van der Waals surface area contributed by atoms with Crippen molar-refractivity contribution in [3.63, 3.8) is 0 Å². The van der Waals surface area contributed by atoms with Gasteiger partial charge in [-0.25, -0.2) is 0 Å². The van der Waals surface area contributed by atoms with Gasteiger partial charge >= 0.3 is 0 Å². The first-order chi connectivity index (χ1) is 5.50. The quantitative estimate of drug-likeness (QED) is 0.425. The van der Waals surface area contributed by atoms with Crippen LogP contribution in [0.1, 0.15) is 32.1 Å². The van der Waals surface area contributed by atoms with E-state index in [1.54, 1.807) is 10.8 Å². The lowest BCUT2D eigenvalue weighted by molar-refractivity contribution is 0.568. The highest BCUT2D eigenvalue weighted by molar-refractivity contribution is 8.74. The van der Waals surface area contributed by atoms with Crippen molar-refractivity contribution >= 4 is 21.9 Å². The molecule has 0 bridgehead atoms. The van der Waals surface area contributed by atoms with E-state index in [4.69, 9.17) is 4.18 Å². The Morgan fingerprint density at radius 3 is 3.00 bits per heavy atom. The van der Waals surface area contributed by atoms with Crippen LogP contribution >= 0.6 is 21.9 Å². The molecule has 0 aliphatic carbocycles. The Hall–Kier alpha value is 0.240. The third-order valence-electron chi connectivity index (χ3n) is 1.59. The monoisotopic (exact) mass is 190 g/mol. The number of rotatable bonds is 0. The summed E-state index contributed by atoms with van der Waals surface area (Å²) >= 11 is 1.49. The van der Waals surface area contributed by atoms with Crippen LogP contribution in [-0.2, 0) is 4.18 Å². The maximum absolute atomic E-state index is 5.16. The Balaban J connectivity index is 2.11. The van der Waals surface area contributed by atoms with Crippen molar-refractivity contribution in [1.29, 1.82) is 0 Å². The maximum atomic E-state index is 5.16. The lowest BCUT2D eigenvalue weighted by atomic mass is 10.1. The number of hydrogen-bond donors (Lipinski definition) is 0. The molecule has 0 spiro atoms. The predicted molar refractivity (Wildman–Crippen MR) is 53.4 cm³/mol. The summed E-state index contributed by atoms with van der Waals surface area (Å²) in [4.78, 5) is 0. The molecule has 3 heteroatoms. The maximum Gasteiger partial charge on any atom is 0.125 e. The van der Waals surface area contributed by atoms with Crippen LogP contribution in [-0.4, -0.2) is 5.75 Å². The fourth-order valence-electron chi connectivity index (χ4n) is 0.969. The molecule has 0 unspecified atom stereocenters. The van der Waals surface area contributed by atoms with Gasteiger partial charge in [-0.2, -0.15) is 0 Å². The second-order valence-electron chi connectivity index (χ2n) is 2.56. The van der Waals surface area contributed by atoms with E-state index in [2.05, 4.69) is 6.08 Å². The Bertz CT molecular complexity index is 103. The summed E-state index contributed by atoms with van der Waals surface area (Å²) in [6.45, 7) is 0. The highest BCUT2D eigenvalue weighted by atomic mass is 33.1. The van der Waals surface area contributed by atoms with Crippen LogP contribution in [0.3, 0.4) is 0 Å². The van der Waals surface area contributed by atoms with Crippen LogP contribution in [0.2, 0.25) is 0 Å². The van der Waals surface area contributed by atoms with E-state index in [0.29, 0.717) is 0 Å². The Kier molecular flexibility index (Phi) is 5.87. The second kappa shape index (κ2) is 6.92. The minimum Gasteiger partial charge on any atom is -0.422 e. The van der Waals surface area contributed by atoms with E-state index in [9.17, 15) is 0 Å². The molecule has 64 valence electrons. The molecule has 0 aromatic heterocycles. The molecule has 1 nitrogen and oxygen atoms in total. The largest absolute Gasteiger partial charge is 0.422 e. The van der Waals surface area contributed by atoms with Gasteiger partial charge in [-0.05, 0) is 25.3 Å². The molecular formula is C8H14OS2. The molecule has 0 saturated carbocycles. The number of allylic oxidation sites excluding steroid dienone is 1. The van der Waals surface area contributed by atoms with E-state index in [1.165, 1.54) is 48.9 Å². The molecule has 0 amide bonds.